The Bertz CT molecular complexity index is 625. The standard InChI is InChI=1S/C13H15ClN2O2S2/c14-7-5-11-1-3-13(4-2-11)20(17,18)16-8-6-12-9-19-10-15-12/h1-4,9-10,16H,5-8H2. The molecule has 0 atom stereocenters. The minimum absolute atomic E-state index is 0.272. The number of aryl methyl sites for hydroxylation is 1. The van der Waals surface area contributed by atoms with Crippen molar-refractivity contribution in [1.82, 2.24) is 9.71 Å². The second-order valence-electron chi connectivity index (χ2n) is 4.21. The first-order valence-corrected chi connectivity index (χ1v) is 9.09. The maximum atomic E-state index is 12.1. The van der Waals surface area contributed by atoms with Crippen molar-refractivity contribution in [2.45, 2.75) is 17.7 Å². The Balaban J connectivity index is 1.95. The van der Waals surface area contributed by atoms with Gasteiger partial charge in [0.2, 0.25) is 10.0 Å². The topological polar surface area (TPSA) is 59.1 Å². The van der Waals surface area contributed by atoms with Crippen molar-refractivity contribution in [1.29, 1.82) is 0 Å². The fourth-order valence-electron chi connectivity index (χ4n) is 1.70. The first kappa shape index (κ1) is 15.4. The number of benzene rings is 1. The number of sulfonamides is 1. The number of aromatic nitrogens is 1. The third kappa shape index (κ3) is 4.28. The lowest BCUT2D eigenvalue weighted by molar-refractivity contribution is 0.581. The van der Waals surface area contributed by atoms with Crippen molar-refractivity contribution in [2.75, 3.05) is 12.4 Å². The first-order valence-electron chi connectivity index (χ1n) is 6.13. The molecule has 0 aliphatic rings. The molecule has 1 aromatic heterocycles. The second-order valence-corrected chi connectivity index (χ2v) is 7.07. The third-order valence-corrected chi connectivity index (χ3v) is 5.07. The van der Waals surface area contributed by atoms with Gasteiger partial charge in [0.05, 0.1) is 16.1 Å². The molecule has 0 radical (unpaired) electrons. The molecule has 0 unspecified atom stereocenters. The number of rotatable bonds is 7. The van der Waals surface area contributed by atoms with Gasteiger partial charge in [0, 0.05) is 24.2 Å². The van der Waals surface area contributed by atoms with Crippen LogP contribution in [0.25, 0.3) is 0 Å². The van der Waals surface area contributed by atoms with Crippen LogP contribution in [0.2, 0.25) is 0 Å². The molecule has 4 nitrogen and oxygen atoms in total. The van der Waals surface area contributed by atoms with Crippen LogP contribution in [0.4, 0.5) is 0 Å². The predicted octanol–water partition coefficient (Wildman–Crippen LogP) is 2.45. The molecule has 0 bridgehead atoms. The van der Waals surface area contributed by atoms with Crippen LogP contribution in [0.3, 0.4) is 0 Å². The monoisotopic (exact) mass is 330 g/mol. The Morgan fingerprint density at radius 3 is 2.55 bits per heavy atom. The van der Waals surface area contributed by atoms with E-state index in [-0.39, 0.29) is 4.90 Å². The summed E-state index contributed by atoms with van der Waals surface area (Å²) in [6, 6.07) is 6.79. The van der Waals surface area contributed by atoms with Gasteiger partial charge in [-0.2, -0.15) is 0 Å². The summed E-state index contributed by atoms with van der Waals surface area (Å²) in [7, 11) is -3.45. The Morgan fingerprint density at radius 2 is 1.95 bits per heavy atom. The molecule has 0 fully saturated rings. The van der Waals surface area contributed by atoms with E-state index >= 15 is 0 Å². The highest BCUT2D eigenvalue weighted by Crippen LogP contribution is 2.11. The Kier molecular flexibility index (Phi) is 5.54. The second kappa shape index (κ2) is 7.17. The summed E-state index contributed by atoms with van der Waals surface area (Å²) in [4.78, 5) is 4.38. The molecule has 0 aliphatic heterocycles. The summed E-state index contributed by atoms with van der Waals surface area (Å²) in [5, 5.41) is 1.91. The average Bonchev–Trinajstić information content (AvgIpc) is 2.93. The molecule has 0 aliphatic carbocycles. The maximum absolute atomic E-state index is 12.1. The van der Waals surface area contributed by atoms with Gasteiger partial charge in [0.15, 0.2) is 0 Å². The molecular weight excluding hydrogens is 316 g/mol. The lowest BCUT2D eigenvalue weighted by Crippen LogP contribution is -2.26. The maximum Gasteiger partial charge on any atom is 0.240 e. The quantitative estimate of drug-likeness (QED) is 0.793. The summed E-state index contributed by atoms with van der Waals surface area (Å²) >= 11 is 7.15. The van der Waals surface area contributed by atoms with Gasteiger partial charge in [-0.15, -0.1) is 22.9 Å². The predicted molar refractivity (Wildman–Crippen MR) is 81.9 cm³/mol. The lowest BCUT2D eigenvalue weighted by atomic mass is 10.2. The first-order chi connectivity index (χ1) is 9.62. The van der Waals surface area contributed by atoms with Crippen LogP contribution in [-0.4, -0.2) is 25.8 Å². The molecule has 108 valence electrons. The summed E-state index contributed by atoms with van der Waals surface area (Å²) in [6.07, 6.45) is 1.33. The van der Waals surface area contributed by atoms with Crippen LogP contribution in [0.15, 0.2) is 40.1 Å². The third-order valence-electron chi connectivity index (χ3n) is 2.77. The van der Waals surface area contributed by atoms with Crippen LogP contribution in [-0.2, 0) is 22.9 Å². The van der Waals surface area contributed by atoms with Crippen molar-refractivity contribution >= 4 is 33.0 Å². The number of alkyl halides is 1. The highest BCUT2D eigenvalue weighted by molar-refractivity contribution is 7.89. The van der Waals surface area contributed by atoms with E-state index in [2.05, 4.69) is 9.71 Å². The molecule has 2 rings (SSSR count). The van der Waals surface area contributed by atoms with Crippen molar-refractivity contribution in [3.05, 3.63) is 46.4 Å². The number of nitrogens with one attached hydrogen (secondary N) is 1. The van der Waals surface area contributed by atoms with Crippen LogP contribution >= 0.6 is 22.9 Å². The minimum Gasteiger partial charge on any atom is -0.250 e. The van der Waals surface area contributed by atoms with Crippen LogP contribution in [0, 0.1) is 0 Å². The number of hydrogen-bond donors (Lipinski definition) is 1. The SMILES string of the molecule is O=S(=O)(NCCc1cscn1)c1ccc(CCCl)cc1. The van der Waals surface area contributed by atoms with Crippen molar-refractivity contribution in [3.8, 4) is 0 Å². The molecule has 0 spiro atoms. The van der Waals surface area contributed by atoms with Gasteiger partial charge in [-0.1, -0.05) is 12.1 Å². The van der Waals surface area contributed by atoms with Gasteiger partial charge in [0.1, 0.15) is 0 Å². The van der Waals surface area contributed by atoms with E-state index in [4.69, 9.17) is 11.6 Å². The highest BCUT2D eigenvalue weighted by Gasteiger charge is 2.13. The summed E-state index contributed by atoms with van der Waals surface area (Å²) in [5.74, 6) is 0.526. The summed E-state index contributed by atoms with van der Waals surface area (Å²) in [6.45, 7) is 0.343. The van der Waals surface area contributed by atoms with Crippen molar-refractivity contribution < 1.29 is 8.42 Å². The number of halogens is 1. The Hall–Kier alpha value is -0.950. The van der Waals surface area contributed by atoms with Gasteiger partial charge in [-0.25, -0.2) is 18.1 Å². The molecule has 1 N–H and O–H groups in total. The van der Waals surface area contributed by atoms with Crippen LogP contribution in [0.5, 0.6) is 0 Å². The van der Waals surface area contributed by atoms with E-state index in [1.807, 2.05) is 5.38 Å². The molecule has 1 aromatic carbocycles. The zero-order valence-electron chi connectivity index (χ0n) is 10.8. The molecule has 0 amide bonds. The zero-order valence-corrected chi connectivity index (χ0v) is 13.1. The molecule has 2 aromatic rings. The molecular formula is C13H15ClN2O2S2. The normalized spacial score (nSPS) is 11.7. The van der Waals surface area contributed by atoms with E-state index < -0.39 is 10.0 Å². The van der Waals surface area contributed by atoms with E-state index in [9.17, 15) is 8.42 Å². The molecule has 20 heavy (non-hydrogen) atoms. The van der Waals surface area contributed by atoms with E-state index in [0.29, 0.717) is 18.8 Å². The van der Waals surface area contributed by atoms with Crippen LogP contribution in [0.1, 0.15) is 11.3 Å². The summed E-state index contributed by atoms with van der Waals surface area (Å²) < 4.78 is 26.7. The van der Waals surface area contributed by atoms with E-state index in [1.54, 1.807) is 29.8 Å². The summed E-state index contributed by atoms with van der Waals surface area (Å²) in [5.41, 5.74) is 3.66. The van der Waals surface area contributed by atoms with E-state index in [1.165, 1.54) is 11.3 Å². The number of hydrogen-bond acceptors (Lipinski definition) is 4. The van der Waals surface area contributed by atoms with Crippen molar-refractivity contribution in [3.63, 3.8) is 0 Å². The minimum atomic E-state index is -3.45. The molecule has 7 heteroatoms. The Labute approximate surface area is 127 Å². The fourth-order valence-corrected chi connectivity index (χ4v) is 3.55. The van der Waals surface area contributed by atoms with Gasteiger partial charge >= 0.3 is 0 Å². The molecule has 0 saturated carbocycles. The lowest BCUT2D eigenvalue weighted by Gasteiger charge is -2.06. The van der Waals surface area contributed by atoms with E-state index in [0.717, 1.165) is 17.7 Å². The molecule has 1 heterocycles. The fraction of sp³-hybridized carbons (Fsp3) is 0.308. The number of nitrogens with zero attached hydrogens (tertiary/aromatic N) is 1. The smallest absolute Gasteiger partial charge is 0.240 e. The van der Waals surface area contributed by atoms with Gasteiger partial charge in [0.25, 0.3) is 0 Å². The van der Waals surface area contributed by atoms with Crippen LogP contribution < -0.4 is 4.72 Å². The number of thiazole rings is 1. The average molecular weight is 331 g/mol. The van der Waals surface area contributed by atoms with Gasteiger partial charge < -0.3 is 0 Å². The van der Waals surface area contributed by atoms with Gasteiger partial charge in [-0.05, 0) is 24.1 Å². The Morgan fingerprint density at radius 1 is 1.20 bits per heavy atom. The largest absolute Gasteiger partial charge is 0.250 e. The zero-order chi connectivity index (χ0) is 14.4. The van der Waals surface area contributed by atoms with Gasteiger partial charge in [-0.3, -0.25) is 0 Å². The molecule has 0 saturated heterocycles. The van der Waals surface area contributed by atoms with Crippen molar-refractivity contribution in [2.24, 2.45) is 0 Å². The highest BCUT2D eigenvalue weighted by atomic mass is 35.5.